The van der Waals surface area contributed by atoms with Crippen molar-refractivity contribution in [3.05, 3.63) is 52.8 Å². The number of aromatic nitrogens is 2. The Hall–Kier alpha value is -2.63. The lowest BCUT2D eigenvalue weighted by molar-refractivity contribution is -0.136. The van der Waals surface area contributed by atoms with Crippen LogP contribution < -0.4 is 0 Å². The van der Waals surface area contributed by atoms with Gasteiger partial charge in [0.25, 0.3) is 5.91 Å². The Bertz CT molecular complexity index is 894. The average Bonchev–Trinajstić information content (AvgIpc) is 3.29. The number of nitrogens with zero attached hydrogens (tertiary/aromatic N) is 3. The summed E-state index contributed by atoms with van der Waals surface area (Å²) >= 11 is 0. The van der Waals surface area contributed by atoms with Crippen molar-refractivity contribution in [1.82, 2.24) is 20.0 Å². The van der Waals surface area contributed by atoms with Crippen molar-refractivity contribution in [1.29, 1.82) is 0 Å². The Morgan fingerprint density at radius 1 is 1.07 bits per heavy atom. The number of aromatic amines is 1. The number of amides is 2. The number of piperidine rings is 1. The van der Waals surface area contributed by atoms with E-state index in [0.29, 0.717) is 12.1 Å². The van der Waals surface area contributed by atoms with Crippen molar-refractivity contribution < 1.29 is 9.59 Å². The molecule has 2 amide bonds. The van der Waals surface area contributed by atoms with Gasteiger partial charge in [-0.2, -0.15) is 5.10 Å². The molecule has 1 fully saturated rings. The highest BCUT2D eigenvalue weighted by Gasteiger charge is 2.31. The number of rotatable bonds is 5. The number of carbonyl (C=O) groups is 2. The molecule has 0 spiro atoms. The van der Waals surface area contributed by atoms with Gasteiger partial charge in [0.2, 0.25) is 5.91 Å². The monoisotopic (exact) mass is 408 g/mol. The summed E-state index contributed by atoms with van der Waals surface area (Å²) in [7, 11) is 0. The van der Waals surface area contributed by atoms with Gasteiger partial charge in [-0.25, -0.2) is 0 Å². The SMILES string of the molecule is CCC(CC)C(=O)N1CCC(c2[nH]ncc2C(=O)N2CCc3ccccc3C2)CC1. The minimum atomic E-state index is 0.0591. The molecule has 2 aliphatic rings. The fraction of sp³-hybridized carbons (Fsp3) is 0.542. The van der Waals surface area contributed by atoms with Crippen LogP contribution in [0.25, 0.3) is 0 Å². The zero-order valence-electron chi connectivity index (χ0n) is 18.1. The normalized spacial score (nSPS) is 17.3. The van der Waals surface area contributed by atoms with E-state index in [1.165, 1.54) is 11.1 Å². The maximum absolute atomic E-state index is 13.3. The molecular weight excluding hydrogens is 376 g/mol. The third kappa shape index (κ3) is 4.00. The number of fused-ring (bicyclic) bond motifs is 1. The van der Waals surface area contributed by atoms with E-state index in [1.54, 1.807) is 6.20 Å². The molecule has 4 rings (SSSR count). The highest BCUT2D eigenvalue weighted by atomic mass is 16.2. The number of H-pyrrole nitrogens is 1. The van der Waals surface area contributed by atoms with Crippen LogP contribution in [0.3, 0.4) is 0 Å². The summed E-state index contributed by atoms with van der Waals surface area (Å²) in [6, 6.07) is 8.35. The Morgan fingerprint density at radius 3 is 2.47 bits per heavy atom. The molecule has 2 aliphatic heterocycles. The Morgan fingerprint density at radius 2 is 1.77 bits per heavy atom. The summed E-state index contributed by atoms with van der Waals surface area (Å²) in [5.41, 5.74) is 4.20. The van der Waals surface area contributed by atoms with E-state index < -0.39 is 0 Å². The summed E-state index contributed by atoms with van der Waals surface area (Å²) in [5.74, 6) is 0.720. The predicted octanol–water partition coefficient (Wildman–Crippen LogP) is 3.75. The van der Waals surface area contributed by atoms with Gasteiger partial charge in [0.15, 0.2) is 0 Å². The van der Waals surface area contributed by atoms with Crippen LogP contribution in [0, 0.1) is 5.92 Å². The molecule has 1 N–H and O–H groups in total. The Labute approximate surface area is 178 Å². The first kappa shape index (κ1) is 20.6. The van der Waals surface area contributed by atoms with Crippen LogP contribution in [-0.2, 0) is 17.8 Å². The predicted molar refractivity (Wildman–Crippen MR) is 116 cm³/mol. The standard InChI is InChI=1S/C24H32N4O2/c1-3-17(4-2)23(29)27-12-10-19(11-13-27)22-21(15-25-26-22)24(30)28-14-9-18-7-5-6-8-20(18)16-28/h5-8,15,17,19H,3-4,9-14,16H2,1-2H3,(H,25,26). The summed E-state index contributed by atoms with van der Waals surface area (Å²) in [5, 5.41) is 7.32. The number of hydrogen-bond donors (Lipinski definition) is 1. The van der Waals surface area contributed by atoms with Gasteiger partial charge in [-0.3, -0.25) is 14.7 Å². The number of nitrogens with one attached hydrogen (secondary N) is 1. The average molecular weight is 409 g/mol. The van der Waals surface area contributed by atoms with E-state index in [1.807, 2.05) is 15.9 Å². The summed E-state index contributed by atoms with van der Waals surface area (Å²) in [6.45, 7) is 7.07. The van der Waals surface area contributed by atoms with E-state index >= 15 is 0 Å². The van der Waals surface area contributed by atoms with Crippen molar-refractivity contribution in [2.75, 3.05) is 19.6 Å². The molecule has 3 heterocycles. The number of carbonyl (C=O) groups excluding carboxylic acids is 2. The first-order valence-corrected chi connectivity index (χ1v) is 11.3. The third-order valence-electron chi connectivity index (χ3n) is 6.87. The molecular formula is C24H32N4O2. The topological polar surface area (TPSA) is 69.3 Å². The van der Waals surface area contributed by atoms with Crippen LogP contribution >= 0.6 is 0 Å². The van der Waals surface area contributed by atoms with Gasteiger partial charge in [0.05, 0.1) is 17.5 Å². The van der Waals surface area contributed by atoms with Crippen molar-refractivity contribution in [2.45, 2.75) is 58.4 Å². The molecule has 30 heavy (non-hydrogen) atoms. The molecule has 1 aromatic heterocycles. The highest BCUT2D eigenvalue weighted by Crippen LogP contribution is 2.31. The summed E-state index contributed by atoms with van der Waals surface area (Å²) in [4.78, 5) is 29.9. The largest absolute Gasteiger partial charge is 0.342 e. The number of hydrogen-bond acceptors (Lipinski definition) is 3. The molecule has 0 radical (unpaired) electrons. The van der Waals surface area contributed by atoms with Crippen LogP contribution in [0.2, 0.25) is 0 Å². The zero-order valence-corrected chi connectivity index (χ0v) is 18.1. The van der Waals surface area contributed by atoms with Crippen LogP contribution in [-0.4, -0.2) is 51.4 Å². The minimum Gasteiger partial charge on any atom is -0.342 e. The van der Waals surface area contributed by atoms with E-state index in [9.17, 15) is 9.59 Å². The van der Waals surface area contributed by atoms with Gasteiger partial charge < -0.3 is 9.80 Å². The summed E-state index contributed by atoms with van der Waals surface area (Å²) in [6.07, 6.45) is 6.11. The van der Waals surface area contributed by atoms with E-state index in [4.69, 9.17) is 0 Å². The molecule has 1 aromatic carbocycles. The van der Waals surface area contributed by atoms with Crippen molar-refractivity contribution >= 4 is 11.8 Å². The lowest BCUT2D eigenvalue weighted by Crippen LogP contribution is -2.41. The smallest absolute Gasteiger partial charge is 0.257 e. The first-order chi connectivity index (χ1) is 14.6. The van der Waals surface area contributed by atoms with Gasteiger partial charge >= 0.3 is 0 Å². The molecule has 0 saturated carbocycles. The minimum absolute atomic E-state index is 0.0591. The second-order valence-corrected chi connectivity index (χ2v) is 8.56. The van der Waals surface area contributed by atoms with Gasteiger partial charge in [-0.1, -0.05) is 38.1 Å². The molecule has 6 heteroatoms. The second-order valence-electron chi connectivity index (χ2n) is 8.56. The lowest BCUT2D eigenvalue weighted by Gasteiger charge is -2.34. The molecule has 0 aliphatic carbocycles. The Balaban J connectivity index is 1.42. The molecule has 0 bridgehead atoms. The van der Waals surface area contributed by atoms with E-state index in [2.05, 4.69) is 42.2 Å². The summed E-state index contributed by atoms with van der Waals surface area (Å²) < 4.78 is 0. The molecule has 160 valence electrons. The van der Waals surface area contributed by atoms with Crippen LogP contribution in [0.4, 0.5) is 0 Å². The van der Waals surface area contributed by atoms with E-state index in [0.717, 1.165) is 57.4 Å². The quantitative estimate of drug-likeness (QED) is 0.819. The highest BCUT2D eigenvalue weighted by molar-refractivity contribution is 5.95. The molecule has 0 atom stereocenters. The lowest BCUT2D eigenvalue weighted by atomic mass is 9.89. The molecule has 2 aromatic rings. The van der Waals surface area contributed by atoms with E-state index in [-0.39, 0.29) is 23.7 Å². The zero-order chi connectivity index (χ0) is 21.1. The Kier molecular flexibility index (Phi) is 6.21. The maximum Gasteiger partial charge on any atom is 0.257 e. The molecule has 0 unspecified atom stereocenters. The van der Waals surface area contributed by atoms with Crippen LogP contribution in [0.1, 0.15) is 72.6 Å². The number of likely N-dealkylation sites (tertiary alicyclic amines) is 1. The van der Waals surface area contributed by atoms with Crippen LogP contribution in [0.15, 0.2) is 30.5 Å². The fourth-order valence-corrected chi connectivity index (χ4v) is 4.90. The van der Waals surface area contributed by atoms with Crippen molar-refractivity contribution in [3.8, 4) is 0 Å². The first-order valence-electron chi connectivity index (χ1n) is 11.3. The van der Waals surface area contributed by atoms with Gasteiger partial charge in [0, 0.05) is 38.0 Å². The molecule has 6 nitrogen and oxygen atoms in total. The van der Waals surface area contributed by atoms with Gasteiger partial charge in [-0.15, -0.1) is 0 Å². The van der Waals surface area contributed by atoms with Gasteiger partial charge in [-0.05, 0) is 43.2 Å². The van der Waals surface area contributed by atoms with Gasteiger partial charge in [0.1, 0.15) is 0 Å². The molecule has 1 saturated heterocycles. The fourth-order valence-electron chi connectivity index (χ4n) is 4.90. The number of benzene rings is 1. The third-order valence-corrected chi connectivity index (χ3v) is 6.87. The van der Waals surface area contributed by atoms with Crippen LogP contribution in [0.5, 0.6) is 0 Å². The second kappa shape index (κ2) is 9.02. The van der Waals surface area contributed by atoms with Crippen molar-refractivity contribution in [2.24, 2.45) is 5.92 Å². The maximum atomic E-state index is 13.3. The van der Waals surface area contributed by atoms with Crippen molar-refractivity contribution in [3.63, 3.8) is 0 Å².